The van der Waals surface area contributed by atoms with Crippen molar-refractivity contribution in [1.82, 2.24) is 4.90 Å². The summed E-state index contributed by atoms with van der Waals surface area (Å²) in [6.07, 6.45) is 0.743. The lowest BCUT2D eigenvalue weighted by Crippen LogP contribution is -2.38. The van der Waals surface area contributed by atoms with Gasteiger partial charge in [-0.05, 0) is 60.9 Å². The number of ether oxygens (including phenoxy) is 2. The van der Waals surface area contributed by atoms with Crippen LogP contribution in [0, 0.1) is 5.82 Å². The van der Waals surface area contributed by atoms with Crippen molar-refractivity contribution < 1.29 is 18.7 Å². The summed E-state index contributed by atoms with van der Waals surface area (Å²) in [5.74, 6) is 0.907. The molecule has 4 nitrogen and oxygen atoms in total. The van der Waals surface area contributed by atoms with Crippen LogP contribution in [0.4, 0.5) is 4.39 Å². The SMILES string of the molecule is COc1cc2c(cc1OC)[C@H](C)N(C(=O)c1ccc(F)cc1)CC2. The fraction of sp³-hybridized carbons (Fsp3) is 0.316. The molecule has 0 saturated carbocycles. The third-order valence-electron chi connectivity index (χ3n) is 4.54. The summed E-state index contributed by atoms with van der Waals surface area (Å²) in [5.41, 5.74) is 2.70. The van der Waals surface area contributed by atoms with Crippen molar-refractivity contribution in [3.63, 3.8) is 0 Å². The van der Waals surface area contributed by atoms with Gasteiger partial charge in [0.1, 0.15) is 5.82 Å². The van der Waals surface area contributed by atoms with Crippen molar-refractivity contribution >= 4 is 5.91 Å². The molecule has 1 amide bonds. The molecule has 0 fully saturated rings. The summed E-state index contributed by atoms with van der Waals surface area (Å²) in [6, 6.07) is 9.48. The highest BCUT2D eigenvalue weighted by molar-refractivity contribution is 5.94. The molecule has 5 heteroatoms. The molecule has 0 aromatic heterocycles. The van der Waals surface area contributed by atoms with Gasteiger partial charge in [-0.2, -0.15) is 0 Å². The topological polar surface area (TPSA) is 38.8 Å². The lowest BCUT2D eigenvalue weighted by molar-refractivity contribution is 0.0677. The van der Waals surface area contributed by atoms with Gasteiger partial charge in [-0.25, -0.2) is 4.39 Å². The fourth-order valence-corrected chi connectivity index (χ4v) is 3.18. The van der Waals surface area contributed by atoms with Crippen molar-refractivity contribution in [2.75, 3.05) is 20.8 Å². The van der Waals surface area contributed by atoms with Crippen LogP contribution in [0.2, 0.25) is 0 Å². The second kappa shape index (κ2) is 6.51. The average Bonchev–Trinajstić information content (AvgIpc) is 2.61. The summed E-state index contributed by atoms with van der Waals surface area (Å²) in [5, 5.41) is 0. The first kappa shape index (κ1) is 16.3. The Morgan fingerprint density at radius 3 is 2.38 bits per heavy atom. The van der Waals surface area contributed by atoms with Crippen molar-refractivity contribution in [2.45, 2.75) is 19.4 Å². The molecule has 0 N–H and O–H groups in total. The minimum absolute atomic E-state index is 0.0916. The Morgan fingerprint density at radius 1 is 1.12 bits per heavy atom. The highest BCUT2D eigenvalue weighted by atomic mass is 19.1. The summed E-state index contributed by atoms with van der Waals surface area (Å²) in [6.45, 7) is 2.60. The highest BCUT2D eigenvalue weighted by Crippen LogP contribution is 2.38. The van der Waals surface area contributed by atoms with Crippen LogP contribution in [-0.2, 0) is 6.42 Å². The van der Waals surface area contributed by atoms with Crippen molar-refractivity contribution in [3.8, 4) is 11.5 Å². The van der Waals surface area contributed by atoms with Crippen LogP contribution in [0.3, 0.4) is 0 Å². The zero-order chi connectivity index (χ0) is 17.3. The molecule has 24 heavy (non-hydrogen) atoms. The molecule has 0 unspecified atom stereocenters. The maximum Gasteiger partial charge on any atom is 0.254 e. The molecule has 0 saturated heterocycles. The molecule has 1 atom stereocenters. The van der Waals surface area contributed by atoms with E-state index in [1.165, 1.54) is 24.3 Å². The quantitative estimate of drug-likeness (QED) is 0.863. The van der Waals surface area contributed by atoms with Gasteiger partial charge in [0.15, 0.2) is 11.5 Å². The molecule has 0 bridgehead atoms. The first-order valence-corrected chi connectivity index (χ1v) is 7.86. The molecule has 1 heterocycles. The van der Waals surface area contributed by atoms with E-state index in [-0.39, 0.29) is 17.8 Å². The molecule has 126 valence electrons. The third-order valence-corrected chi connectivity index (χ3v) is 4.54. The first-order chi connectivity index (χ1) is 11.5. The monoisotopic (exact) mass is 329 g/mol. The Morgan fingerprint density at radius 2 is 1.75 bits per heavy atom. The first-order valence-electron chi connectivity index (χ1n) is 7.86. The zero-order valence-corrected chi connectivity index (χ0v) is 14.0. The fourth-order valence-electron chi connectivity index (χ4n) is 3.18. The Kier molecular flexibility index (Phi) is 4.42. The molecule has 0 radical (unpaired) electrons. The molecular weight excluding hydrogens is 309 g/mol. The minimum atomic E-state index is -0.347. The van der Waals surface area contributed by atoms with E-state index in [0.717, 1.165) is 17.5 Å². The number of fused-ring (bicyclic) bond motifs is 1. The number of halogens is 1. The number of benzene rings is 2. The number of nitrogens with zero attached hydrogens (tertiary/aromatic N) is 1. The summed E-state index contributed by atoms with van der Waals surface area (Å²) in [7, 11) is 3.21. The largest absolute Gasteiger partial charge is 0.493 e. The molecule has 3 rings (SSSR count). The number of methoxy groups -OCH3 is 2. The summed E-state index contributed by atoms with van der Waals surface area (Å²) >= 11 is 0. The Labute approximate surface area is 140 Å². The Bertz CT molecular complexity index is 758. The van der Waals surface area contributed by atoms with Gasteiger partial charge in [-0.3, -0.25) is 4.79 Å². The van der Waals surface area contributed by atoms with Gasteiger partial charge < -0.3 is 14.4 Å². The van der Waals surface area contributed by atoms with Gasteiger partial charge in [0.05, 0.1) is 20.3 Å². The lowest BCUT2D eigenvalue weighted by atomic mass is 9.92. The average molecular weight is 329 g/mol. The summed E-state index contributed by atoms with van der Waals surface area (Å²) < 4.78 is 23.8. The summed E-state index contributed by atoms with van der Waals surface area (Å²) in [4.78, 5) is 14.6. The third kappa shape index (κ3) is 2.82. The maximum atomic E-state index is 13.1. The normalized spacial score (nSPS) is 16.5. The number of amides is 1. The number of hydrogen-bond donors (Lipinski definition) is 0. The van der Waals surface area contributed by atoms with E-state index >= 15 is 0 Å². The van der Waals surface area contributed by atoms with Crippen molar-refractivity contribution in [3.05, 3.63) is 58.9 Å². The molecule has 2 aromatic carbocycles. The maximum absolute atomic E-state index is 13.1. The van der Waals surface area contributed by atoms with E-state index in [9.17, 15) is 9.18 Å². The van der Waals surface area contributed by atoms with Gasteiger partial charge in [-0.1, -0.05) is 0 Å². The van der Waals surface area contributed by atoms with Crippen LogP contribution < -0.4 is 9.47 Å². The van der Waals surface area contributed by atoms with E-state index in [0.29, 0.717) is 23.6 Å². The number of rotatable bonds is 3. The van der Waals surface area contributed by atoms with Gasteiger partial charge in [-0.15, -0.1) is 0 Å². The van der Waals surface area contributed by atoms with E-state index < -0.39 is 0 Å². The second-order valence-corrected chi connectivity index (χ2v) is 5.84. The van der Waals surface area contributed by atoms with E-state index in [1.807, 2.05) is 24.0 Å². The Hall–Kier alpha value is -2.56. The second-order valence-electron chi connectivity index (χ2n) is 5.84. The van der Waals surface area contributed by atoms with Crippen LogP contribution in [0.25, 0.3) is 0 Å². The number of carbonyl (C=O) groups excluding carboxylic acids is 1. The standard InChI is InChI=1S/C19H20FNO3/c1-12-16-11-18(24-3)17(23-2)10-14(16)8-9-21(12)19(22)13-4-6-15(20)7-5-13/h4-7,10-12H,8-9H2,1-3H3/t12-/m0/s1. The Balaban J connectivity index is 1.92. The lowest BCUT2D eigenvalue weighted by Gasteiger charge is -2.36. The van der Waals surface area contributed by atoms with Crippen molar-refractivity contribution in [1.29, 1.82) is 0 Å². The predicted octanol–water partition coefficient (Wildman–Crippen LogP) is 3.60. The van der Waals surface area contributed by atoms with E-state index in [4.69, 9.17) is 9.47 Å². The molecule has 1 aliphatic heterocycles. The molecule has 0 spiro atoms. The number of hydrogen-bond acceptors (Lipinski definition) is 3. The van der Waals surface area contributed by atoms with Gasteiger partial charge in [0.25, 0.3) is 5.91 Å². The molecule has 1 aliphatic rings. The predicted molar refractivity (Wildman–Crippen MR) is 89.1 cm³/mol. The highest BCUT2D eigenvalue weighted by Gasteiger charge is 2.29. The van der Waals surface area contributed by atoms with Crippen LogP contribution >= 0.6 is 0 Å². The smallest absolute Gasteiger partial charge is 0.254 e. The minimum Gasteiger partial charge on any atom is -0.493 e. The van der Waals surface area contributed by atoms with Crippen molar-refractivity contribution in [2.24, 2.45) is 0 Å². The van der Waals surface area contributed by atoms with Crippen LogP contribution in [0.5, 0.6) is 11.5 Å². The molecule has 2 aromatic rings. The molecular formula is C19H20FNO3. The van der Waals surface area contributed by atoms with E-state index in [2.05, 4.69) is 0 Å². The number of carbonyl (C=O) groups is 1. The molecule has 0 aliphatic carbocycles. The van der Waals surface area contributed by atoms with Crippen LogP contribution in [0.1, 0.15) is 34.5 Å². The van der Waals surface area contributed by atoms with Gasteiger partial charge in [0.2, 0.25) is 0 Å². The van der Waals surface area contributed by atoms with Gasteiger partial charge >= 0.3 is 0 Å². The van der Waals surface area contributed by atoms with Gasteiger partial charge in [0, 0.05) is 12.1 Å². The van der Waals surface area contributed by atoms with Crippen LogP contribution in [0.15, 0.2) is 36.4 Å². The van der Waals surface area contributed by atoms with E-state index in [1.54, 1.807) is 14.2 Å². The zero-order valence-electron chi connectivity index (χ0n) is 14.0. The van der Waals surface area contributed by atoms with Crippen LogP contribution in [-0.4, -0.2) is 31.6 Å².